The van der Waals surface area contributed by atoms with E-state index < -0.39 is 5.60 Å². The molecule has 0 radical (unpaired) electrons. The van der Waals surface area contributed by atoms with Crippen LogP contribution in [0.1, 0.15) is 32.8 Å². The molecule has 0 atom stereocenters. The molecule has 0 saturated carbocycles. The number of benzene rings is 1. The second-order valence-corrected chi connectivity index (χ2v) is 6.34. The van der Waals surface area contributed by atoms with Gasteiger partial charge in [-0.25, -0.2) is 4.79 Å². The zero-order chi connectivity index (χ0) is 16.6. The van der Waals surface area contributed by atoms with Gasteiger partial charge in [0.2, 0.25) is 0 Å². The summed E-state index contributed by atoms with van der Waals surface area (Å²) in [6.07, 6.45) is 0.442. The van der Waals surface area contributed by atoms with Gasteiger partial charge < -0.3 is 20.1 Å². The van der Waals surface area contributed by atoms with E-state index in [4.69, 9.17) is 21.1 Å². The minimum Gasteiger partial charge on any atom is -0.495 e. The van der Waals surface area contributed by atoms with Crippen molar-refractivity contribution in [2.24, 2.45) is 0 Å². The van der Waals surface area contributed by atoms with Crippen molar-refractivity contribution >= 4 is 17.7 Å². The normalized spacial score (nSPS) is 11.1. The van der Waals surface area contributed by atoms with E-state index >= 15 is 0 Å². The first-order valence-corrected chi connectivity index (χ1v) is 7.69. The quantitative estimate of drug-likeness (QED) is 0.754. The number of nitrogens with one attached hydrogen (secondary N) is 2. The van der Waals surface area contributed by atoms with Crippen molar-refractivity contribution in [1.82, 2.24) is 10.6 Å². The SMILES string of the molecule is COc1ccc(CNCCCNC(=O)OC(C)(C)C)cc1Cl. The molecule has 124 valence electrons. The minimum absolute atomic E-state index is 0.380. The number of rotatable bonds is 7. The van der Waals surface area contributed by atoms with Crippen LogP contribution in [0.15, 0.2) is 18.2 Å². The van der Waals surface area contributed by atoms with E-state index in [9.17, 15) is 4.79 Å². The summed E-state index contributed by atoms with van der Waals surface area (Å²) >= 11 is 6.07. The molecule has 2 N–H and O–H groups in total. The Morgan fingerprint density at radius 2 is 2.00 bits per heavy atom. The van der Waals surface area contributed by atoms with Crippen LogP contribution >= 0.6 is 11.6 Å². The molecule has 1 aromatic rings. The molecule has 0 unspecified atom stereocenters. The van der Waals surface area contributed by atoms with Crippen LogP contribution < -0.4 is 15.4 Å². The van der Waals surface area contributed by atoms with Gasteiger partial charge in [-0.3, -0.25) is 0 Å². The molecule has 1 aromatic carbocycles. The lowest BCUT2D eigenvalue weighted by Gasteiger charge is -2.19. The summed E-state index contributed by atoms with van der Waals surface area (Å²) in [4.78, 5) is 11.4. The molecular weight excluding hydrogens is 304 g/mol. The number of methoxy groups -OCH3 is 1. The lowest BCUT2D eigenvalue weighted by atomic mass is 10.2. The maximum Gasteiger partial charge on any atom is 0.407 e. The molecule has 1 amide bonds. The van der Waals surface area contributed by atoms with Crippen molar-refractivity contribution in [3.63, 3.8) is 0 Å². The maximum atomic E-state index is 11.4. The van der Waals surface area contributed by atoms with Gasteiger partial charge in [0.05, 0.1) is 12.1 Å². The van der Waals surface area contributed by atoms with Gasteiger partial charge >= 0.3 is 6.09 Å². The Hall–Kier alpha value is -1.46. The standard InChI is InChI=1S/C16H25ClN2O3/c1-16(2,3)22-15(20)19-9-5-8-18-11-12-6-7-14(21-4)13(17)10-12/h6-7,10,18H,5,8-9,11H2,1-4H3,(H,19,20). The zero-order valence-electron chi connectivity index (χ0n) is 13.7. The summed E-state index contributed by atoms with van der Waals surface area (Å²) in [5.41, 5.74) is 0.626. The lowest BCUT2D eigenvalue weighted by Crippen LogP contribution is -2.33. The van der Waals surface area contributed by atoms with Crippen molar-refractivity contribution < 1.29 is 14.3 Å². The second-order valence-electron chi connectivity index (χ2n) is 5.93. The molecule has 0 bridgehead atoms. The predicted octanol–water partition coefficient (Wildman–Crippen LogP) is 3.35. The highest BCUT2D eigenvalue weighted by Crippen LogP contribution is 2.24. The topological polar surface area (TPSA) is 59.6 Å². The molecule has 5 nitrogen and oxygen atoms in total. The molecule has 6 heteroatoms. The van der Waals surface area contributed by atoms with Gasteiger partial charge in [0.25, 0.3) is 0 Å². The molecule has 0 spiro atoms. The van der Waals surface area contributed by atoms with Crippen LogP contribution in [0.3, 0.4) is 0 Å². The maximum absolute atomic E-state index is 11.4. The molecule has 0 aromatic heterocycles. The van der Waals surface area contributed by atoms with E-state index in [0.717, 1.165) is 25.1 Å². The number of halogens is 1. The first kappa shape index (κ1) is 18.6. The van der Waals surface area contributed by atoms with Crippen LogP contribution in [-0.2, 0) is 11.3 Å². The lowest BCUT2D eigenvalue weighted by molar-refractivity contribution is 0.0527. The van der Waals surface area contributed by atoms with Crippen LogP contribution in [0.25, 0.3) is 0 Å². The fraction of sp³-hybridized carbons (Fsp3) is 0.562. The van der Waals surface area contributed by atoms with Crippen LogP contribution in [0, 0.1) is 0 Å². The Bertz CT molecular complexity index is 487. The number of alkyl carbamates (subject to hydrolysis) is 1. The molecule has 0 aliphatic carbocycles. The van der Waals surface area contributed by atoms with E-state index in [2.05, 4.69) is 10.6 Å². The van der Waals surface area contributed by atoms with Gasteiger partial charge in [-0.2, -0.15) is 0 Å². The Morgan fingerprint density at radius 3 is 2.59 bits per heavy atom. The van der Waals surface area contributed by atoms with Gasteiger partial charge in [-0.1, -0.05) is 17.7 Å². The molecular formula is C16H25ClN2O3. The molecule has 0 fully saturated rings. The zero-order valence-corrected chi connectivity index (χ0v) is 14.4. The molecule has 0 heterocycles. The highest BCUT2D eigenvalue weighted by Gasteiger charge is 2.15. The third-order valence-corrected chi connectivity index (χ3v) is 3.04. The number of hydrogen-bond donors (Lipinski definition) is 2. The minimum atomic E-state index is -0.462. The summed E-state index contributed by atoms with van der Waals surface area (Å²) in [5.74, 6) is 0.673. The number of ether oxygens (including phenoxy) is 2. The summed E-state index contributed by atoms with van der Waals surface area (Å²) in [6.45, 7) is 7.61. The summed E-state index contributed by atoms with van der Waals surface area (Å²) in [7, 11) is 1.59. The van der Waals surface area contributed by atoms with Gasteiger partial charge in [-0.15, -0.1) is 0 Å². The fourth-order valence-corrected chi connectivity index (χ4v) is 2.05. The molecule has 0 saturated heterocycles. The van der Waals surface area contributed by atoms with Gasteiger partial charge in [0.1, 0.15) is 11.4 Å². The first-order valence-electron chi connectivity index (χ1n) is 7.32. The van der Waals surface area contributed by atoms with E-state index in [1.165, 1.54) is 0 Å². The Kier molecular flexibility index (Phi) is 7.48. The highest BCUT2D eigenvalue weighted by atomic mass is 35.5. The first-order chi connectivity index (χ1) is 10.3. The molecule has 0 aliphatic heterocycles. The van der Waals surface area contributed by atoms with Crippen molar-refractivity contribution in [2.75, 3.05) is 20.2 Å². The molecule has 0 aliphatic rings. The van der Waals surface area contributed by atoms with E-state index in [1.54, 1.807) is 7.11 Å². The second kappa shape index (κ2) is 8.86. The summed E-state index contributed by atoms with van der Waals surface area (Å²) < 4.78 is 10.3. The number of carbonyl (C=O) groups excluding carboxylic acids is 1. The Morgan fingerprint density at radius 1 is 1.27 bits per heavy atom. The van der Waals surface area contributed by atoms with Gasteiger partial charge in [0, 0.05) is 13.1 Å². The number of amides is 1. The van der Waals surface area contributed by atoms with Crippen LogP contribution in [0.4, 0.5) is 4.79 Å². The Balaban J connectivity index is 2.16. The molecule has 22 heavy (non-hydrogen) atoms. The third-order valence-electron chi connectivity index (χ3n) is 2.74. The Labute approximate surface area is 137 Å². The fourth-order valence-electron chi connectivity index (χ4n) is 1.77. The van der Waals surface area contributed by atoms with Crippen molar-refractivity contribution in [1.29, 1.82) is 0 Å². The largest absolute Gasteiger partial charge is 0.495 e. The number of carbonyl (C=O) groups is 1. The third kappa shape index (κ3) is 7.52. The van der Waals surface area contributed by atoms with E-state index in [0.29, 0.717) is 17.3 Å². The average molecular weight is 329 g/mol. The van der Waals surface area contributed by atoms with Crippen LogP contribution in [0.5, 0.6) is 5.75 Å². The van der Waals surface area contributed by atoms with E-state index in [-0.39, 0.29) is 6.09 Å². The van der Waals surface area contributed by atoms with E-state index in [1.807, 2.05) is 39.0 Å². The highest BCUT2D eigenvalue weighted by molar-refractivity contribution is 6.32. The molecule has 1 rings (SSSR count). The monoisotopic (exact) mass is 328 g/mol. The van der Waals surface area contributed by atoms with Gasteiger partial charge in [0.15, 0.2) is 0 Å². The van der Waals surface area contributed by atoms with Crippen LogP contribution in [-0.4, -0.2) is 31.9 Å². The smallest absolute Gasteiger partial charge is 0.407 e. The average Bonchev–Trinajstić information content (AvgIpc) is 2.41. The predicted molar refractivity (Wildman–Crippen MR) is 88.6 cm³/mol. The van der Waals surface area contributed by atoms with Gasteiger partial charge in [-0.05, 0) is 51.4 Å². The number of hydrogen-bond acceptors (Lipinski definition) is 4. The van der Waals surface area contributed by atoms with Crippen molar-refractivity contribution in [3.8, 4) is 5.75 Å². The van der Waals surface area contributed by atoms with Crippen molar-refractivity contribution in [3.05, 3.63) is 28.8 Å². The summed E-state index contributed by atoms with van der Waals surface area (Å²) in [6, 6.07) is 5.70. The van der Waals surface area contributed by atoms with Crippen LogP contribution in [0.2, 0.25) is 5.02 Å². The summed E-state index contributed by atoms with van der Waals surface area (Å²) in [5, 5.41) is 6.63. The van der Waals surface area contributed by atoms with Crippen molar-refractivity contribution in [2.45, 2.75) is 39.3 Å².